The van der Waals surface area contributed by atoms with Gasteiger partial charge in [-0.2, -0.15) is 0 Å². The highest BCUT2D eigenvalue weighted by Gasteiger charge is 2.12. The molecule has 0 unspecified atom stereocenters. The second-order valence-electron chi connectivity index (χ2n) is 5.08. The molecule has 0 N–H and O–H groups in total. The summed E-state index contributed by atoms with van der Waals surface area (Å²) in [7, 11) is 0. The number of imidazole rings is 1. The summed E-state index contributed by atoms with van der Waals surface area (Å²) in [5.74, 6) is 0.941. The maximum absolute atomic E-state index is 8.32. The van der Waals surface area contributed by atoms with Crippen molar-refractivity contribution in [3.05, 3.63) is 63.4 Å². The maximum Gasteiger partial charge on any atom is 0.164 e. The number of hydrogen-bond acceptors (Lipinski definition) is 3. The second kappa shape index (κ2) is 6.69. The van der Waals surface area contributed by atoms with E-state index in [9.17, 15) is 0 Å². The highest BCUT2D eigenvalue weighted by atomic mass is 35.5. The van der Waals surface area contributed by atoms with Crippen molar-refractivity contribution in [2.24, 2.45) is 5.11 Å². The second-order valence-corrected chi connectivity index (χ2v) is 5.52. The first-order chi connectivity index (χ1) is 11.2. The van der Waals surface area contributed by atoms with Crippen LogP contribution in [0.15, 0.2) is 41.6 Å². The first-order valence-corrected chi connectivity index (χ1v) is 7.73. The fourth-order valence-electron chi connectivity index (χ4n) is 2.53. The van der Waals surface area contributed by atoms with E-state index in [0.29, 0.717) is 11.6 Å². The number of pyridine rings is 1. The highest BCUT2D eigenvalue weighted by molar-refractivity contribution is 6.31. The van der Waals surface area contributed by atoms with Crippen molar-refractivity contribution >= 4 is 22.8 Å². The highest BCUT2D eigenvalue weighted by Crippen LogP contribution is 2.23. The molecule has 0 aliphatic rings. The Labute approximate surface area is 138 Å². The maximum atomic E-state index is 8.32. The van der Waals surface area contributed by atoms with Crippen molar-refractivity contribution in [1.29, 1.82) is 0 Å². The molecule has 116 valence electrons. The van der Waals surface area contributed by atoms with Crippen molar-refractivity contribution in [1.82, 2.24) is 14.5 Å². The molecule has 6 nitrogen and oxygen atoms in total. The van der Waals surface area contributed by atoms with Crippen LogP contribution in [0.1, 0.15) is 18.3 Å². The molecule has 0 bridgehead atoms. The van der Waals surface area contributed by atoms with Gasteiger partial charge in [0.05, 0.1) is 5.02 Å². The summed E-state index contributed by atoms with van der Waals surface area (Å²) in [5, 5.41) is 4.14. The number of fused-ring (bicyclic) bond motifs is 1. The molecule has 0 saturated carbocycles. The van der Waals surface area contributed by atoms with Crippen molar-refractivity contribution in [3.8, 4) is 5.69 Å². The summed E-state index contributed by atoms with van der Waals surface area (Å²) >= 11 is 6.00. The monoisotopic (exact) mass is 326 g/mol. The van der Waals surface area contributed by atoms with Crippen LogP contribution in [0.5, 0.6) is 0 Å². The Kier molecular flexibility index (Phi) is 4.46. The SMILES string of the molecule is CCc1nc2cc(Cl)cnc2n1-c1ccc(CCN=[N+]=[N-])cc1. The lowest BCUT2D eigenvalue weighted by Crippen LogP contribution is -2.01. The van der Waals surface area contributed by atoms with Crippen LogP contribution in [0.25, 0.3) is 27.3 Å². The summed E-state index contributed by atoms with van der Waals surface area (Å²) < 4.78 is 2.04. The van der Waals surface area contributed by atoms with Gasteiger partial charge in [-0.05, 0) is 35.7 Å². The van der Waals surface area contributed by atoms with Crippen LogP contribution in [0.4, 0.5) is 0 Å². The van der Waals surface area contributed by atoms with Gasteiger partial charge in [-0.1, -0.05) is 35.8 Å². The molecule has 1 aromatic carbocycles. The van der Waals surface area contributed by atoms with Crippen molar-refractivity contribution in [2.75, 3.05) is 6.54 Å². The number of nitrogens with zero attached hydrogens (tertiary/aromatic N) is 6. The van der Waals surface area contributed by atoms with Crippen LogP contribution >= 0.6 is 11.6 Å². The van der Waals surface area contributed by atoms with Crippen LogP contribution in [-0.2, 0) is 12.8 Å². The molecule has 0 fully saturated rings. The predicted octanol–water partition coefficient (Wildman–Crippen LogP) is 4.49. The zero-order valence-corrected chi connectivity index (χ0v) is 13.4. The molecule has 3 aromatic rings. The van der Waals surface area contributed by atoms with Gasteiger partial charge in [-0.15, -0.1) is 0 Å². The molecule has 23 heavy (non-hydrogen) atoms. The van der Waals surface area contributed by atoms with Crippen molar-refractivity contribution in [3.63, 3.8) is 0 Å². The first-order valence-electron chi connectivity index (χ1n) is 7.36. The zero-order chi connectivity index (χ0) is 16.2. The number of rotatable bonds is 5. The molecule has 2 heterocycles. The smallest absolute Gasteiger partial charge is 0.164 e. The van der Waals surface area contributed by atoms with E-state index in [1.165, 1.54) is 0 Å². The summed E-state index contributed by atoms with van der Waals surface area (Å²) in [6, 6.07) is 9.95. The van der Waals surface area contributed by atoms with E-state index in [2.05, 4.69) is 26.9 Å². The number of aryl methyl sites for hydroxylation is 1. The van der Waals surface area contributed by atoms with Gasteiger partial charge in [0.15, 0.2) is 5.65 Å². The lowest BCUT2D eigenvalue weighted by atomic mass is 10.1. The van der Waals surface area contributed by atoms with Gasteiger partial charge < -0.3 is 0 Å². The third kappa shape index (κ3) is 3.13. The van der Waals surface area contributed by atoms with Crippen molar-refractivity contribution < 1.29 is 0 Å². The minimum atomic E-state index is 0.462. The Bertz CT molecular complexity index is 877. The van der Waals surface area contributed by atoms with Crippen LogP contribution in [0.2, 0.25) is 5.02 Å². The number of azide groups is 1. The van der Waals surface area contributed by atoms with Crippen LogP contribution in [0.3, 0.4) is 0 Å². The zero-order valence-electron chi connectivity index (χ0n) is 12.6. The van der Waals surface area contributed by atoms with Gasteiger partial charge in [-0.25, -0.2) is 9.97 Å². The quantitative estimate of drug-likeness (QED) is 0.393. The van der Waals surface area contributed by atoms with Crippen molar-refractivity contribution in [2.45, 2.75) is 19.8 Å². The Balaban J connectivity index is 2.00. The molecule has 0 amide bonds. The molecule has 0 spiro atoms. The Morgan fingerprint density at radius 3 is 2.78 bits per heavy atom. The number of aromatic nitrogens is 3. The number of halogens is 1. The predicted molar refractivity (Wildman–Crippen MR) is 91.0 cm³/mol. The summed E-state index contributed by atoms with van der Waals surface area (Å²) in [6.07, 6.45) is 3.16. The average Bonchev–Trinajstić information content (AvgIpc) is 2.93. The third-order valence-corrected chi connectivity index (χ3v) is 3.81. The molecule has 3 rings (SSSR count). The van der Waals surface area contributed by atoms with Gasteiger partial charge in [0.25, 0.3) is 0 Å². The Morgan fingerprint density at radius 1 is 1.30 bits per heavy atom. The molecule has 0 aliphatic heterocycles. The standard InChI is InChI=1S/C16H15ClN6/c1-2-15-21-14-9-12(17)10-19-16(14)23(15)13-5-3-11(4-6-13)7-8-20-22-18/h3-6,9-10H,2,7-8H2,1H3. The van der Waals surface area contributed by atoms with E-state index in [1.54, 1.807) is 6.20 Å². The van der Waals surface area contributed by atoms with E-state index < -0.39 is 0 Å². The molecular formula is C16H15ClN6. The van der Waals surface area contributed by atoms with Gasteiger partial charge in [0, 0.05) is 29.8 Å². The van der Waals surface area contributed by atoms with Gasteiger partial charge in [0.2, 0.25) is 0 Å². The van der Waals surface area contributed by atoms with Gasteiger partial charge in [-0.3, -0.25) is 4.57 Å². The fourth-order valence-corrected chi connectivity index (χ4v) is 2.68. The first kappa shape index (κ1) is 15.3. The number of hydrogen-bond donors (Lipinski definition) is 0. The topological polar surface area (TPSA) is 79.5 Å². The molecule has 2 aromatic heterocycles. The average molecular weight is 327 g/mol. The van der Waals surface area contributed by atoms with Gasteiger partial charge >= 0.3 is 0 Å². The normalized spacial score (nSPS) is 10.7. The van der Waals surface area contributed by atoms with E-state index in [4.69, 9.17) is 17.1 Å². The van der Waals surface area contributed by atoms with Crippen LogP contribution < -0.4 is 0 Å². The minimum absolute atomic E-state index is 0.462. The summed E-state index contributed by atoms with van der Waals surface area (Å²) in [5.41, 5.74) is 12.0. The fraction of sp³-hybridized carbons (Fsp3) is 0.250. The molecule has 7 heteroatoms. The lowest BCUT2D eigenvalue weighted by Gasteiger charge is -2.08. The Hall–Kier alpha value is -2.56. The lowest BCUT2D eigenvalue weighted by molar-refractivity contribution is 0.898. The molecule has 0 atom stereocenters. The van der Waals surface area contributed by atoms with Crippen LogP contribution in [0, 0.1) is 0 Å². The third-order valence-electron chi connectivity index (χ3n) is 3.61. The van der Waals surface area contributed by atoms with Crippen LogP contribution in [-0.4, -0.2) is 21.1 Å². The Morgan fingerprint density at radius 2 is 2.09 bits per heavy atom. The van der Waals surface area contributed by atoms with E-state index in [-0.39, 0.29) is 0 Å². The minimum Gasteiger partial charge on any atom is -0.281 e. The largest absolute Gasteiger partial charge is 0.281 e. The van der Waals surface area contributed by atoms with Gasteiger partial charge in [0.1, 0.15) is 11.3 Å². The molecule has 0 aliphatic carbocycles. The van der Waals surface area contributed by atoms with E-state index in [1.807, 2.05) is 34.9 Å². The summed E-state index contributed by atoms with van der Waals surface area (Å²) in [6.45, 7) is 2.53. The summed E-state index contributed by atoms with van der Waals surface area (Å²) in [4.78, 5) is 11.8. The molecule has 0 saturated heterocycles. The van der Waals surface area contributed by atoms with E-state index in [0.717, 1.165) is 41.1 Å². The number of benzene rings is 1. The molecule has 0 radical (unpaired) electrons. The van der Waals surface area contributed by atoms with E-state index >= 15 is 0 Å². The molecular weight excluding hydrogens is 312 g/mol.